The van der Waals surface area contributed by atoms with Crippen molar-refractivity contribution in [3.63, 3.8) is 0 Å². The summed E-state index contributed by atoms with van der Waals surface area (Å²) in [5, 5.41) is 0. The van der Waals surface area contributed by atoms with E-state index < -0.39 is 20.6 Å². The van der Waals surface area contributed by atoms with Gasteiger partial charge in [0, 0.05) is 22.8 Å². The molecule has 0 bridgehead atoms. The van der Waals surface area contributed by atoms with Crippen LogP contribution in [0.2, 0.25) is 0 Å². The lowest BCUT2D eigenvalue weighted by Gasteiger charge is -2.11. The Hall–Kier alpha value is -1.01. The third-order valence-corrected chi connectivity index (χ3v) is 2.85. The highest BCUT2D eigenvalue weighted by Gasteiger charge is 2.18. The molecule has 0 radical (unpaired) electrons. The first-order chi connectivity index (χ1) is 7.37. The Balaban J connectivity index is 3.33. The summed E-state index contributed by atoms with van der Waals surface area (Å²) in [4.78, 5) is 0. The number of rotatable bonds is 4. The second-order valence-corrected chi connectivity index (χ2v) is 5.75. The third-order valence-electron chi connectivity index (χ3n) is 1.89. The summed E-state index contributed by atoms with van der Waals surface area (Å²) >= 11 is 0. The van der Waals surface area contributed by atoms with Crippen LogP contribution in [0.4, 0.5) is 4.39 Å². The maximum Gasteiger partial charge on any atom is 0.237 e. The minimum atomic E-state index is -3.77. The van der Waals surface area contributed by atoms with Crippen LogP contribution in [0.5, 0.6) is 11.5 Å². The van der Waals surface area contributed by atoms with E-state index in [1.54, 1.807) is 0 Å². The molecule has 4 nitrogen and oxygen atoms in total. The van der Waals surface area contributed by atoms with Crippen LogP contribution in [0.15, 0.2) is 12.1 Å². The molecular formula is C9H10ClFO4S. The average molecular weight is 269 g/mol. The first kappa shape index (κ1) is 13.1. The minimum Gasteiger partial charge on any atom is -0.496 e. The number of benzene rings is 1. The van der Waals surface area contributed by atoms with Crippen LogP contribution in [0.3, 0.4) is 0 Å². The lowest BCUT2D eigenvalue weighted by atomic mass is 10.2. The van der Waals surface area contributed by atoms with Gasteiger partial charge < -0.3 is 9.47 Å². The van der Waals surface area contributed by atoms with Crippen LogP contribution in [0, 0.1) is 5.82 Å². The summed E-state index contributed by atoms with van der Waals surface area (Å²) < 4.78 is 44.8. The van der Waals surface area contributed by atoms with Gasteiger partial charge in [0.25, 0.3) is 0 Å². The van der Waals surface area contributed by atoms with Crippen LogP contribution in [-0.2, 0) is 14.8 Å². The molecule has 0 heterocycles. The Morgan fingerprint density at radius 1 is 1.25 bits per heavy atom. The van der Waals surface area contributed by atoms with E-state index in [9.17, 15) is 12.8 Å². The van der Waals surface area contributed by atoms with Crippen LogP contribution in [0.25, 0.3) is 0 Å². The Labute approximate surface area is 97.4 Å². The molecule has 0 N–H and O–H groups in total. The molecule has 7 heteroatoms. The van der Waals surface area contributed by atoms with E-state index in [1.807, 2.05) is 0 Å². The highest BCUT2D eigenvalue weighted by Crippen LogP contribution is 2.32. The van der Waals surface area contributed by atoms with Crippen LogP contribution < -0.4 is 9.47 Å². The minimum absolute atomic E-state index is 0.0843. The molecule has 0 atom stereocenters. The van der Waals surface area contributed by atoms with Crippen molar-refractivity contribution < 1.29 is 22.3 Å². The van der Waals surface area contributed by atoms with Gasteiger partial charge in [-0.1, -0.05) is 0 Å². The first-order valence-electron chi connectivity index (χ1n) is 4.20. The summed E-state index contributed by atoms with van der Waals surface area (Å²) in [5.41, 5.74) is 0.196. The van der Waals surface area contributed by atoms with Gasteiger partial charge in [-0.25, -0.2) is 12.8 Å². The van der Waals surface area contributed by atoms with Gasteiger partial charge in [0.15, 0.2) is 0 Å². The summed E-state index contributed by atoms with van der Waals surface area (Å²) in [6.07, 6.45) is 0. The zero-order valence-corrected chi connectivity index (χ0v) is 10.2. The van der Waals surface area contributed by atoms with E-state index in [4.69, 9.17) is 20.2 Å². The monoisotopic (exact) mass is 268 g/mol. The predicted octanol–water partition coefficient (Wildman–Crippen LogP) is 1.91. The van der Waals surface area contributed by atoms with Crippen molar-refractivity contribution in [3.8, 4) is 11.5 Å². The molecular weight excluding hydrogens is 259 g/mol. The normalized spacial score (nSPS) is 11.2. The van der Waals surface area contributed by atoms with Gasteiger partial charge in [-0.3, -0.25) is 0 Å². The largest absolute Gasteiger partial charge is 0.496 e. The number of hydrogen-bond donors (Lipinski definition) is 0. The molecule has 0 saturated carbocycles. The Morgan fingerprint density at radius 3 is 2.00 bits per heavy atom. The van der Waals surface area contributed by atoms with Crippen LogP contribution in [0.1, 0.15) is 5.56 Å². The fraction of sp³-hybridized carbons (Fsp3) is 0.333. The highest BCUT2D eigenvalue weighted by atomic mass is 35.7. The van der Waals surface area contributed by atoms with Crippen molar-refractivity contribution in [2.45, 2.75) is 5.75 Å². The number of ether oxygens (including phenoxy) is 2. The molecule has 0 aromatic heterocycles. The lowest BCUT2D eigenvalue weighted by molar-refractivity contribution is 0.382. The summed E-state index contributed by atoms with van der Waals surface area (Å²) in [5.74, 6) is -0.896. The number of methoxy groups -OCH3 is 2. The van der Waals surface area contributed by atoms with E-state index >= 15 is 0 Å². The zero-order chi connectivity index (χ0) is 12.3. The molecule has 0 aliphatic rings. The van der Waals surface area contributed by atoms with E-state index in [0.29, 0.717) is 0 Å². The topological polar surface area (TPSA) is 52.6 Å². The molecule has 0 unspecified atom stereocenters. The van der Waals surface area contributed by atoms with Gasteiger partial charge in [-0.2, -0.15) is 0 Å². The maximum atomic E-state index is 13.1. The Bertz CT molecular complexity index is 461. The zero-order valence-electron chi connectivity index (χ0n) is 8.66. The molecule has 0 aliphatic carbocycles. The Kier molecular flexibility index (Phi) is 3.98. The van der Waals surface area contributed by atoms with E-state index in [1.165, 1.54) is 14.2 Å². The van der Waals surface area contributed by atoms with Crippen molar-refractivity contribution >= 4 is 19.7 Å². The van der Waals surface area contributed by atoms with Gasteiger partial charge in [0.2, 0.25) is 9.05 Å². The van der Waals surface area contributed by atoms with Crippen LogP contribution in [-0.4, -0.2) is 22.6 Å². The van der Waals surface area contributed by atoms with E-state index in [2.05, 4.69) is 0 Å². The molecule has 1 rings (SSSR count). The molecule has 90 valence electrons. The predicted molar refractivity (Wildman–Crippen MR) is 58.0 cm³/mol. The molecule has 0 amide bonds. The fourth-order valence-electron chi connectivity index (χ4n) is 1.27. The van der Waals surface area contributed by atoms with Gasteiger partial charge in [0.05, 0.1) is 25.5 Å². The van der Waals surface area contributed by atoms with Gasteiger partial charge in [0.1, 0.15) is 17.3 Å². The summed E-state index contributed by atoms with van der Waals surface area (Å²) in [6.45, 7) is 0. The SMILES string of the molecule is COc1cc(F)cc(OC)c1CS(=O)(=O)Cl. The van der Waals surface area contributed by atoms with E-state index in [0.717, 1.165) is 12.1 Å². The highest BCUT2D eigenvalue weighted by molar-refractivity contribution is 8.13. The average Bonchev–Trinajstić information content (AvgIpc) is 2.18. The molecule has 0 aliphatic heterocycles. The van der Waals surface area contributed by atoms with Gasteiger partial charge >= 0.3 is 0 Å². The summed E-state index contributed by atoms with van der Waals surface area (Å²) in [7, 11) is 3.98. The van der Waals surface area contributed by atoms with Crippen molar-refractivity contribution in [2.24, 2.45) is 0 Å². The smallest absolute Gasteiger partial charge is 0.237 e. The maximum absolute atomic E-state index is 13.1. The van der Waals surface area contributed by atoms with Crippen molar-refractivity contribution in [2.75, 3.05) is 14.2 Å². The second kappa shape index (κ2) is 4.88. The third kappa shape index (κ3) is 3.24. The van der Waals surface area contributed by atoms with Crippen molar-refractivity contribution in [3.05, 3.63) is 23.5 Å². The fourth-order valence-corrected chi connectivity index (χ4v) is 2.22. The molecule has 0 spiro atoms. The quantitative estimate of drug-likeness (QED) is 0.783. The van der Waals surface area contributed by atoms with Crippen molar-refractivity contribution in [1.82, 2.24) is 0 Å². The van der Waals surface area contributed by atoms with Crippen LogP contribution >= 0.6 is 10.7 Å². The summed E-state index contributed by atoms with van der Waals surface area (Å²) in [6, 6.07) is 2.14. The van der Waals surface area contributed by atoms with Crippen molar-refractivity contribution in [1.29, 1.82) is 0 Å². The molecule has 0 saturated heterocycles. The second-order valence-electron chi connectivity index (χ2n) is 2.97. The molecule has 1 aromatic rings. The van der Waals surface area contributed by atoms with Gasteiger partial charge in [-0.15, -0.1) is 0 Å². The standard InChI is InChI=1S/C9H10ClFO4S/c1-14-8-3-6(11)4-9(15-2)7(8)5-16(10,12)13/h3-4H,5H2,1-2H3. The molecule has 0 fully saturated rings. The number of halogens is 2. The lowest BCUT2D eigenvalue weighted by Crippen LogP contribution is -2.02. The number of hydrogen-bond acceptors (Lipinski definition) is 4. The van der Waals surface area contributed by atoms with E-state index in [-0.39, 0.29) is 17.1 Å². The first-order valence-corrected chi connectivity index (χ1v) is 6.68. The van der Waals surface area contributed by atoms with Gasteiger partial charge in [-0.05, 0) is 0 Å². The molecule has 1 aromatic carbocycles. The molecule has 16 heavy (non-hydrogen) atoms. The Morgan fingerprint density at radius 2 is 1.69 bits per heavy atom.